The Labute approximate surface area is 368 Å². The number of benzene rings is 11. The fourth-order valence-corrected chi connectivity index (χ4v) is 8.43. The van der Waals surface area contributed by atoms with Crippen molar-refractivity contribution in [2.45, 2.75) is 0 Å². The Balaban J connectivity index is 1.11. The first kappa shape index (κ1) is 28.4. The molecule has 0 heterocycles. The van der Waals surface area contributed by atoms with Crippen LogP contribution in [0.2, 0.25) is 0 Å². The number of hydrogen-bond acceptors (Lipinski definition) is 1. The maximum atomic E-state index is 9.82. The summed E-state index contributed by atoms with van der Waals surface area (Å²) in [5.74, 6) is 0. The van der Waals surface area contributed by atoms with Crippen molar-refractivity contribution in [2.24, 2.45) is 0 Å². The van der Waals surface area contributed by atoms with Crippen LogP contribution in [0, 0.1) is 0 Å². The Morgan fingerprint density at radius 3 is 1.25 bits per heavy atom. The largest absolute Gasteiger partial charge is 0.311 e. The molecule has 0 saturated heterocycles. The summed E-state index contributed by atoms with van der Waals surface area (Å²) < 4.78 is 77.5. The van der Waals surface area contributed by atoms with Gasteiger partial charge < -0.3 is 4.90 Å². The van der Waals surface area contributed by atoms with Crippen LogP contribution >= 0.6 is 0 Å². The normalized spacial score (nSPS) is 13.1. The van der Waals surface area contributed by atoms with Gasteiger partial charge in [-0.1, -0.05) is 212 Å². The van der Waals surface area contributed by atoms with Gasteiger partial charge in [0.15, 0.2) is 0 Å². The summed E-state index contributed by atoms with van der Waals surface area (Å²) >= 11 is 0. The van der Waals surface area contributed by atoms with Gasteiger partial charge in [-0.15, -0.1) is 0 Å². The third kappa shape index (κ3) is 6.83. The molecule has 0 amide bonds. The van der Waals surface area contributed by atoms with Crippen molar-refractivity contribution < 1.29 is 11.0 Å². The monoisotopic (exact) mass is 783 g/mol. The molecule has 286 valence electrons. The highest BCUT2D eigenvalue weighted by molar-refractivity contribution is 6.04. The lowest BCUT2D eigenvalue weighted by molar-refractivity contribution is 1.28. The molecule has 0 unspecified atom stereocenters. The molecule has 0 spiro atoms. The van der Waals surface area contributed by atoms with Gasteiger partial charge in [-0.2, -0.15) is 0 Å². The van der Waals surface area contributed by atoms with Crippen LogP contribution in [0.3, 0.4) is 0 Å². The average molecular weight is 784 g/mol. The predicted octanol–water partition coefficient (Wildman–Crippen LogP) is 17.0. The number of rotatable bonds is 8. The van der Waals surface area contributed by atoms with Crippen molar-refractivity contribution in [3.8, 4) is 55.6 Å². The molecule has 11 rings (SSSR count). The summed E-state index contributed by atoms with van der Waals surface area (Å²) in [4.78, 5) is 1.37. The van der Waals surface area contributed by atoms with E-state index in [0.29, 0.717) is 16.8 Å². The van der Waals surface area contributed by atoms with Crippen LogP contribution in [-0.4, -0.2) is 0 Å². The SMILES string of the molecule is [2H]c1c([2H])c(N(c2ccc(-c3cccc4ccccc34)cc2)c2c([2H])c([2H])c(-c3c(-c4ccccc4)ccc4ccccc34)c([2H])c2[2H])c([2H])c([2H])c1-c1ccc(-c2cccc3ccccc23)cc1. The van der Waals surface area contributed by atoms with Crippen LogP contribution in [0.25, 0.3) is 88.0 Å². The molecule has 0 atom stereocenters. The second-order valence-electron chi connectivity index (χ2n) is 15.0. The molecule has 0 aliphatic heterocycles. The molecule has 11 aromatic carbocycles. The van der Waals surface area contributed by atoms with Gasteiger partial charge >= 0.3 is 0 Å². The predicted molar refractivity (Wildman–Crippen MR) is 261 cm³/mol. The number of anilines is 3. The molecular formula is C60H41N. The molecule has 0 saturated carbocycles. The van der Waals surface area contributed by atoms with Crippen LogP contribution < -0.4 is 4.90 Å². The van der Waals surface area contributed by atoms with Crippen LogP contribution in [0.4, 0.5) is 17.1 Å². The first-order chi connectivity index (χ1) is 33.6. The van der Waals surface area contributed by atoms with E-state index in [9.17, 15) is 11.0 Å². The lowest BCUT2D eigenvalue weighted by atomic mass is 9.89. The second-order valence-corrected chi connectivity index (χ2v) is 15.0. The topological polar surface area (TPSA) is 3.24 Å². The van der Waals surface area contributed by atoms with Crippen molar-refractivity contribution >= 4 is 49.4 Å². The van der Waals surface area contributed by atoms with Gasteiger partial charge in [-0.05, 0) is 124 Å². The molecule has 1 nitrogen and oxygen atoms in total. The summed E-state index contributed by atoms with van der Waals surface area (Å²) in [7, 11) is 0. The Kier molecular flexibility index (Phi) is 7.29. The molecule has 61 heavy (non-hydrogen) atoms. The van der Waals surface area contributed by atoms with Gasteiger partial charge in [-0.25, -0.2) is 0 Å². The van der Waals surface area contributed by atoms with Gasteiger partial charge in [0.1, 0.15) is 0 Å². The maximum absolute atomic E-state index is 9.82. The van der Waals surface area contributed by atoms with Crippen LogP contribution in [0.5, 0.6) is 0 Å². The van der Waals surface area contributed by atoms with Crippen molar-refractivity contribution in [2.75, 3.05) is 4.90 Å². The molecule has 0 aliphatic rings. The zero-order valence-electron chi connectivity index (χ0n) is 41.0. The van der Waals surface area contributed by atoms with E-state index in [0.717, 1.165) is 65.7 Å². The third-order valence-corrected chi connectivity index (χ3v) is 11.4. The zero-order valence-corrected chi connectivity index (χ0v) is 33.0. The smallest absolute Gasteiger partial charge is 0.0645 e. The number of hydrogen-bond donors (Lipinski definition) is 0. The standard InChI is InChI=1S/C60H41N/c1-2-12-46(13-3-1)59-41-34-47-16-6-9-21-58(47)60(59)50-32-39-53(40-33-50)61(52-37-30-49(31-38-52)57-23-11-18-45-15-5-8-20-55(45)57)51-35-28-43(29-36-51)42-24-26-48(27-25-42)56-22-10-17-44-14-4-7-19-54(44)56/h1-41H/i28D,29D,32D,33D,35D,36D,39D,40D. The van der Waals surface area contributed by atoms with E-state index in [1.165, 1.54) is 4.90 Å². The minimum atomic E-state index is -0.402. The molecule has 0 bridgehead atoms. The quantitative estimate of drug-likeness (QED) is 0.148. The maximum Gasteiger partial charge on any atom is 0.0645 e. The summed E-state index contributed by atoms with van der Waals surface area (Å²) in [5, 5.41) is 5.93. The van der Waals surface area contributed by atoms with Crippen LogP contribution in [-0.2, 0) is 0 Å². The zero-order chi connectivity index (χ0) is 47.5. The Bertz CT molecular complexity index is 3750. The van der Waals surface area contributed by atoms with Crippen LogP contribution in [0.15, 0.2) is 249 Å². The molecule has 1 heteroatoms. The summed E-state index contributed by atoms with van der Waals surface area (Å²) in [6, 6.07) is 61.6. The molecule has 0 aliphatic carbocycles. The van der Waals surface area contributed by atoms with E-state index < -0.39 is 24.2 Å². The second kappa shape index (κ2) is 15.6. The van der Waals surface area contributed by atoms with E-state index in [1.54, 1.807) is 12.1 Å². The van der Waals surface area contributed by atoms with Gasteiger partial charge in [-0.3, -0.25) is 0 Å². The molecule has 0 aromatic heterocycles. The summed E-state index contributed by atoms with van der Waals surface area (Å²) in [6.07, 6.45) is 0. The molecule has 11 aromatic rings. The van der Waals surface area contributed by atoms with Gasteiger partial charge in [0.25, 0.3) is 0 Å². The van der Waals surface area contributed by atoms with Crippen LogP contribution in [0.1, 0.15) is 11.0 Å². The Hall–Kier alpha value is -8.00. The van der Waals surface area contributed by atoms with Gasteiger partial charge in [0, 0.05) is 17.1 Å². The molecule has 0 radical (unpaired) electrons. The Morgan fingerprint density at radius 1 is 0.246 bits per heavy atom. The Morgan fingerprint density at radius 2 is 0.672 bits per heavy atom. The molecule has 0 fully saturated rings. The van der Waals surface area contributed by atoms with Gasteiger partial charge in [0.05, 0.1) is 11.0 Å². The lowest BCUT2D eigenvalue weighted by Crippen LogP contribution is -2.09. The van der Waals surface area contributed by atoms with Crippen molar-refractivity contribution in [3.05, 3.63) is 249 Å². The van der Waals surface area contributed by atoms with E-state index >= 15 is 0 Å². The summed E-state index contributed by atoms with van der Waals surface area (Å²) in [5.41, 5.74) is 6.57. The highest BCUT2D eigenvalue weighted by Gasteiger charge is 2.17. The molecular weight excluding hydrogens is 735 g/mol. The van der Waals surface area contributed by atoms with E-state index in [2.05, 4.69) is 24.3 Å². The average Bonchev–Trinajstić information content (AvgIpc) is 3.39. The molecule has 0 N–H and O–H groups in total. The highest BCUT2D eigenvalue weighted by Crippen LogP contribution is 2.42. The van der Waals surface area contributed by atoms with Gasteiger partial charge in [0.2, 0.25) is 0 Å². The fourth-order valence-electron chi connectivity index (χ4n) is 8.43. The first-order valence-corrected chi connectivity index (χ1v) is 20.4. The number of nitrogens with zero attached hydrogens (tertiary/aromatic N) is 1. The minimum absolute atomic E-state index is 0.101. The first-order valence-electron chi connectivity index (χ1n) is 24.4. The highest BCUT2D eigenvalue weighted by atomic mass is 15.1. The van der Waals surface area contributed by atoms with E-state index in [-0.39, 0.29) is 46.7 Å². The number of fused-ring (bicyclic) bond motifs is 3. The van der Waals surface area contributed by atoms with E-state index in [4.69, 9.17) is 0 Å². The summed E-state index contributed by atoms with van der Waals surface area (Å²) in [6.45, 7) is 0. The van der Waals surface area contributed by atoms with Crippen molar-refractivity contribution in [1.29, 1.82) is 0 Å². The van der Waals surface area contributed by atoms with Crippen molar-refractivity contribution in [1.82, 2.24) is 0 Å². The third-order valence-electron chi connectivity index (χ3n) is 11.4. The van der Waals surface area contributed by atoms with E-state index in [1.807, 2.05) is 164 Å². The minimum Gasteiger partial charge on any atom is -0.311 e. The lowest BCUT2D eigenvalue weighted by Gasteiger charge is -2.26. The fraction of sp³-hybridized carbons (Fsp3) is 0. The van der Waals surface area contributed by atoms with Crippen molar-refractivity contribution in [3.63, 3.8) is 0 Å².